The van der Waals surface area contributed by atoms with Crippen molar-refractivity contribution in [1.82, 2.24) is 4.98 Å². The zero-order valence-electron chi connectivity index (χ0n) is 8.98. The summed E-state index contributed by atoms with van der Waals surface area (Å²) in [5.74, 6) is -1.17. The zero-order chi connectivity index (χ0) is 14.3. The molecule has 19 heavy (non-hydrogen) atoms. The minimum atomic E-state index is -5.74. The molecule has 0 amide bonds. The monoisotopic (exact) mass is 295 g/mol. The Morgan fingerprint density at radius 2 is 1.84 bits per heavy atom. The van der Waals surface area contributed by atoms with Crippen LogP contribution in [0.2, 0.25) is 0 Å². The molecule has 1 aromatic carbocycles. The van der Waals surface area contributed by atoms with Crippen LogP contribution in [0.4, 0.5) is 17.6 Å². The fraction of sp³-hybridized carbons (Fsp3) is 0.100. The summed E-state index contributed by atoms with van der Waals surface area (Å²) in [7, 11) is -5.74. The van der Waals surface area contributed by atoms with E-state index in [1.807, 2.05) is 0 Å². The highest BCUT2D eigenvalue weighted by Crippen LogP contribution is 2.28. The number of pyridine rings is 1. The van der Waals surface area contributed by atoms with Gasteiger partial charge in [0.15, 0.2) is 5.75 Å². The Morgan fingerprint density at radius 3 is 2.47 bits per heavy atom. The highest BCUT2D eigenvalue weighted by Gasteiger charge is 2.48. The van der Waals surface area contributed by atoms with Gasteiger partial charge in [0.25, 0.3) is 0 Å². The molecule has 1 heterocycles. The first-order valence-electron chi connectivity index (χ1n) is 4.75. The average molecular weight is 295 g/mol. The van der Waals surface area contributed by atoms with Crippen LogP contribution in [-0.4, -0.2) is 18.9 Å². The number of rotatable bonds is 2. The first-order valence-corrected chi connectivity index (χ1v) is 6.16. The Labute approximate surface area is 104 Å². The summed E-state index contributed by atoms with van der Waals surface area (Å²) >= 11 is 0. The lowest BCUT2D eigenvalue weighted by atomic mass is 10.2. The second kappa shape index (κ2) is 4.34. The molecule has 0 aliphatic carbocycles. The van der Waals surface area contributed by atoms with Crippen molar-refractivity contribution in [3.8, 4) is 5.75 Å². The van der Waals surface area contributed by atoms with Crippen LogP contribution in [-0.2, 0) is 10.1 Å². The van der Waals surface area contributed by atoms with E-state index in [9.17, 15) is 26.0 Å². The Hall–Kier alpha value is -1.90. The van der Waals surface area contributed by atoms with E-state index in [1.165, 1.54) is 6.07 Å². The van der Waals surface area contributed by atoms with E-state index in [4.69, 9.17) is 0 Å². The summed E-state index contributed by atoms with van der Waals surface area (Å²) < 4.78 is 74.6. The minimum absolute atomic E-state index is 0.164. The second-order valence-electron chi connectivity index (χ2n) is 3.49. The molecular weight excluding hydrogens is 290 g/mol. The van der Waals surface area contributed by atoms with Gasteiger partial charge >= 0.3 is 15.6 Å². The largest absolute Gasteiger partial charge is 0.534 e. The Kier molecular flexibility index (Phi) is 3.09. The van der Waals surface area contributed by atoms with Crippen LogP contribution in [0.25, 0.3) is 10.9 Å². The standard InChI is InChI=1S/C10H5F4NO3S/c11-7-2-1-6-3-8(5-15-9(6)4-7)18-19(16,17)10(12,13)14/h1-5H. The third-order valence-electron chi connectivity index (χ3n) is 2.11. The van der Waals surface area contributed by atoms with Gasteiger partial charge in [-0.05, 0) is 18.2 Å². The first kappa shape index (κ1) is 13.5. The number of benzene rings is 1. The molecule has 4 nitrogen and oxygen atoms in total. The SMILES string of the molecule is O=S(=O)(Oc1cnc2cc(F)ccc2c1)C(F)(F)F. The molecule has 1 aromatic heterocycles. The normalized spacial score (nSPS) is 12.6. The molecule has 0 saturated heterocycles. The van der Waals surface area contributed by atoms with E-state index in [0.29, 0.717) is 0 Å². The molecule has 0 unspecified atom stereocenters. The molecule has 0 aliphatic rings. The van der Waals surface area contributed by atoms with Crippen LogP contribution < -0.4 is 4.18 Å². The fourth-order valence-corrected chi connectivity index (χ4v) is 1.73. The third-order valence-corrected chi connectivity index (χ3v) is 3.09. The van der Waals surface area contributed by atoms with Crippen molar-refractivity contribution in [3.63, 3.8) is 0 Å². The molecular formula is C10H5F4NO3S. The van der Waals surface area contributed by atoms with Crippen molar-refractivity contribution in [1.29, 1.82) is 0 Å². The van der Waals surface area contributed by atoms with Gasteiger partial charge in [-0.3, -0.25) is 4.98 Å². The minimum Gasteiger partial charge on any atom is -0.374 e. The average Bonchev–Trinajstić information content (AvgIpc) is 2.27. The summed E-state index contributed by atoms with van der Waals surface area (Å²) in [4.78, 5) is 3.61. The Balaban J connectivity index is 2.40. The van der Waals surface area contributed by atoms with Crippen molar-refractivity contribution in [2.24, 2.45) is 0 Å². The molecule has 0 spiro atoms. The molecule has 0 atom stereocenters. The third kappa shape index (κ3) is 2.75. The predicted octanol–water partition coefficient (Wildman–Crippen LogP) is 2.60. The number of fused-ring (bicyclic) bond motifs is 1. The molecule has 2 aromatic rings. The Morgan fingerprint density at radius 1 is 1.16 bits per heavy atom. The number of hydrogen-bond acceptors (Lipinski definition) is 4. The number of halogens is 4. The van der Waals surface area contributed by atoms with Crippen molar-refractivity contribution in [2.75, 3.05) is 0 Å². The summed E-state index contributed by atoms with van der Waals surface area (Å²) in [6, 6.07) is 4.37. The molecule has 0 saturated carbocycles. The summed E-state index contributed by atoms with van der Waals surface area (Å²) in [6.45, 7) is 0. The van der Waals surface area contributed by atoms with Gasteiger partial charge in [0.05, 0.1) is 11.7 Å². The van der Waals surface area contributed by atoms with Gasteiger partial charge in [0.1, 0.15) is 5.82 Å². The van der Waals surface area contributed by atoms with E-state index < -0.39 is 27.2 Å². The Bertz CT molecular complexity index is 727. The predicted molar refractivity (Wildman–Crippen MR) is 57.3 cm³/mol. The number of hydrogen-bond donors (Lipinski definition) is 0. The summed E-state index contributed by atoms with van der Waals surface area (Å²) in [5, 5.41) is 0.247. The topological polar surface area (TPSA) is 56.3 Å². The van der Waals surface area contributed by atoms with Crippen LogP contribution in [0, 0.1) is 5.82 Å². The lowest BCUT2D eigenvalue weighted by molar-refractivity contribution is -0.0500. The van der Waals surface area contributed by atoms with E-state index in [2.05, 4.69) is 9.17 Å². The highest BCUT2D eigenvalue weighted by molar-refractivity contribution is 7.88. The maximum atomic E-state index is 12.8. The van der Waals surface area contributed by atoms with Crippen molar-refractivity contribution < 1.29 is 30.2 Å². The van der Waals surface area contributed by atoms with Gasteiger partial charge in [0, 0.05) is 11.5 Å². The quantitative estimate of drug-likeness (QED) is 0.485. The van der Waals surface area contributed by atoms with Crippen LogP contribution >= 0.6 is 0 Å². The molecule has 0 fully saturated rings. The first-order chi connectivity index (χ1) is 8.69. The van der Waals surface area contributed by atoms with Crippen LogP contribution in [0.1, 0.15) is 0 Å². The molecule has 0 aliphatic heterocycles. The van der Waals surface area contributed by atoms with E-state index in [1.54, 1.807) is 0 Å². The van der Waals surface area contributed by atoms with E-state index in [-0.39, 0.29) is 10.9 Å². The lowest BCUT2D eigenvalue weighted by Crippen LogP contribution is -2.28. The maximum Gasteiger partial charge on any atom is 0.534 e. The van der Waals surface area contributed by atoms with Gasteiger partial charge in [0.2, 0.25) is 0 Å². The van der Waals surface area contributed by atoms with Crippen molar-refractivity contribution in [2.45, 2.75) is 5.51 Å². The number of nitrogens with zero attached hydrogens (tertiary/aromatic N) is 1. The van der Waals surface area contributed by atoms with Crippen LogP contribution in [0.3, 0.4) is 0 Å². The highest BCUT2D eigenvalue weighted by atomic mass is 32.2. The van der Waals surface area contributed by atoms with Gasteiger partial charge in [-0.2, -0.15) is 21.6 Å². The van der Waals surface area contributed by atoms with Gasteiger partial charge in [-0.25, -0.2) is 4.39 Å². The van der Waals surface area contributed by atoms with Gasteiger partial charge in [-0.1, -0.05) is 0 Å². The fourth-order valence-electron chi connectivity index (χ4n) is 1.29. The number of alkyl halides is 3. The summed E-state index contributed by atoms with van der Waals surface area (Å²) in [6.07, 6.45) is 0.769. The van der Waals surface area contributed by atoms with Crippen molar-refractivity contribution >= 4 is 21.0 Å². The summed E-state index contributed by atoms with van der Waals surface area (Å²) in [5.41, 5.74) is -5.36. The smallest absolute Gasteiger partial charge is 0.374 e. The maximum absolute atomic E-state index is 12.8. The molecule has 0 radical (unpaired) electrons. The lowest BCUT2D eigenvalue weighted by Gasteiger charge is -2.09. The molecule has 102 valence electrons. The zero-order valence-corrected chi connectivity index (χ0v) is 9.80. The van der Waals surface area contributed by atoms with E-state index >= 15 is 0 Å². The molecule has 0 bridgehead atoms. The molecule has 2 rings (SSSR count). The molecule has 9 heteroatoms. The van der Waals surface area contributed by atoms with Crippen LogP contribution in [0.15, 0.2) is 30.5 Å². The number of aromatic nitrogens is 1. The second-order valence-corrected chi connectivity index (χ2v) is 5.03. The van der Waals surface area contributed by atoms with Crippen LogP contribution in [0.5, 0.6) is 5.75 Å². The van der Waals surface area contributed by atoms with E-state index in [0.717, 1.165) is 24.4 Å². The molecule has 0 N–H and O–H groups in total. The van der Waals surface area contributed by atoms with Gasteiger partial charge < -0.3 is 4.18 Å². The van der Waals surface area contributed by atoms with Crippen molar-refractivity contribution in [3.05, 3.63) is 36.3 Å². The van der Waals surface area contributed by atoms with Gasteiger partial charge in [-0.15, -0.1) is 0 Å².